The first kappa shape index (κ1) is 9.95. The van der Waals surface area contributed by atoms with Crippen LogP contribution in [0.1, 0.15) is 43.9 Å². The maximum atomic E-state index is 3.62. The summed E-state index contributed by atoms with van der Waals surface area (Å²) in [4.78, 5) is 0. The van der Waals surface area contributed by atoms with E-state index in [0.29, 0.717) is 0 Å². The van der Waals surface area contributed by atoms with Crippen LogP contribution in [-0.2, 0) is 12.8 Å². The lowest BCUT2D eigenvalue weighted by atomic mass is 9.89. The van der Waals surface area contributed by atoms with Crippen molar-refractivity contribution in [3.8, 4) is 0 Å². The molecule has 16 heavy (non-hydrogen) atoms. The van der Waals surface area contributed by atoms with Crippen LogP contribution >= 0.6 is 0 Å². The minimum absolute atomic E-state index is 0.0872. The van der Waals surface area contributed by atoms with Gasteiger partial charge in [-0.2, -0.15) is 0 Å². The first-order valence-corrected chi connectivity index (χ1v) is 6.19. The molecule has 0 amide bonds. The normalized spacial score (nSPS) is 20.8. The summed E-state index contributed by atoms with van der Waals surface area (Å²) in [6.45, 7) is 6.68. The fraction of sp³-hybridized carbons (Fsp3) is 0.467. The van der Waals surface area contributed by atoms with E-state index >= 15 is 0 Å². The third-order valence-electron chi connectivity index (χ3n) is 3.69. The molecule has 3 rings (SSSR count). The molecule has 2 aliphatic rings. The van der Waals surface area contributed by atoms with Gasteiger partial charge in [0.25, 0.3) is 0 Å². The summed E-state index contributed by atoms with van der Waals surface area (Å²) in [7, 11) is 0. The summed E-state index contributed by atoms with van der Waals surface area (Å²) < 4.78 is 0. The lowest BCUT2D eigenvalue weighted by Crippen LogP contribution is -2.31. The molecule has 84 valence electrons. The third-order valence-corrected chi connectivity index (χ3v) is 3.69. The molecule has 1 aromatic rings. The van der Waals surface area contributed by atoms with Crippen LogP contribution < -0.4 is 5.32 Å². The Morgan fingerprint density at radius 2 is 1.81 bits per heavy atom. The lowest BCUT2D eigenvalue weighted by Gasteiger charge is -2.32. The van der Waals surface area contributed by atoms with E-state index < -0.39 is 0 Å². The molecule has 1 aliphatic heterocycles. The second-order valence-electron chi connectivity index (χ2n) is 5.69. The highest BCUT2D eigenvalue weighted by Gasteiger charge is 2.24. The van der Waals surface area contributed by atoms with Gasteiger partial charge in [-0.3, -0.25) is 0 Å². The van der Waals surface area contributed by atoms with Crippen molar-refractivity contribution in [2.75, 3.05) is 5.32 Å². The van der Waals surface area contributed by atoms with Crippen molar-refractivity contribution < 1.29 is 0 Å². The highest BCUT2D eigenvalue weighted by atomic mass is 15.0. The van der Waals surface area contributed by atoms with Gasteiger partial charge in [0.15, 0.2) is 0 Å². The predicted octanol–water partition coefficient (Wildman–Crippen LogP) is 3.78. The fourth-order valence-electron chi connectivity index (χ4n) is 3.06. The van der Waals surface area contributed by atoms with E-state index in [4.69, 9.17) is 0 Å². The van der Waals surface area contributed by atoms with E-state index in [1.165, 1.54) is 36.1 Å². The smallest absolute Gasteiger partial charge is 0.0505 e. The predicted molar refractivity (Wildman–Crippen MR) is 69.8 cm³/mol. The average molecular weight is 213 g/mol. The van der Waals surface area contributed by atoms with Gasteiger partial charge >= 0.3 is 0 Å². The Kier molecular flexibility index (Phi) is 1.95. The number of hydrogen-bond donors (Lipinski definition) is 1. The van der Waals surface area contributed by atoms with Crippen LogP contribution in [0.15, 0.2) is 18.2 Å². The molecular formula is C15H19N. The molecule has 1 heterocycles. The molecule has 0 radical (unpaired) electrons. The average Bonchev–Trinajstić information content (AvgIpc) is 2.60. The molecule has 0 aromatic heterocycles. The number of rotatable bonds is 0. The second-order valence-corrected chi connectivity index (χ2v) is 5.69. The molecule has 0 spiro atoms. The van der Waals surface area contributed by atoms with Crippen LogP contribution in [0.5, 0.6) is 0 Å². The fourth-order valence-corrected chi connectivity index (χ4v) is 3.06. The van der Waals surface area contributed by atoms with Gasteiger partial charge < -0.3 is 5.32 Å². The van der Waals surface area contributed by atoms with Gasteiger partial charge in [-0.05, 0) is 68.9 Å². The second kappa shape index (κ2) is 3.13. The van der Waals surface area contributed by atoms with Crippen LogP contribution in [-0.4, -0.2) is 5.54 Å². The van der Waals surface area contributed by atoms with Gasteiger partial charge in [0.2, 0.25) is 0 Å². The number of aryl methyl sites for hydroxylation is 2. The first-order valence-electron chi connectivity index (χ1n) is 6.19. The number of hydrogen-bond acceptors (Lipinski definition) is 1. The highest BCUT2D eigenvalue weighted by Crippen LogP contribution is 2.37. The molecule has 0 fully saturated rings. The van der Waals surface area contributed by atoms with Gasteiger partial charge in [0.1, 0.15) is 0 Å². The van der Waals surface area contributed by atoms with Crippen LogP contribution in [0.4, 0.5) is 5.69 Å². The van der Waals surface area contributed by atoms with E-state index in [0.717, 1.165) is 0 Å². The largest absolute Gasteiger partial charge is 0.376 e. The Morgan fingerprint density at radius 3 is 2.56 bits per heavy atom. The van der Waals surface area contributed by atoms with E-state index in [1.807, 2.05) is 0 Å². The Balaban J connectivity index is 2.16. The Morgan fingerprint density at radius 1 is 1.12 bits per heavy atom. The molecule has 0 unspecified atom stereocenters. The molecule has 1 nitrogen and oxygen atoms in total. The SMILES string of the molecule is CC1=CC(C)(C)Nc2cc3c(cc21)CCC3. The van der Waals surface area contributed by atoms with Gasteiger partial charge in [-0.1, -0.05) is 6.08 Å². The standard InChI is InChI=1S/C15H19N/c1-10-9-15(2,3)16-14-8-12-6-4-5-11(12)7-13(10)14/h7-9,16H,4-6H2,1-3H3. The van der Waals surface area contributed by atoms with Crippen molar-refractivity contribution in [2.45, 2.75) is 45.6 Å². The van der Waals surface area contributed by atoms with E-state index in [1.54, 1.807) is 11.1 Å². The Bertz CT molecular complexity index is 480. The van der Waals surface area contributed by atoms with Crippen LogP contribution in [0.3, 0.4) is 0 Å². The van der Waals surface area contributed by atoms with Crippen molar-refractivity contribution in [1.82, 2.24) is 0 Å². The van der Waals surface area contributed by atoms with E-state index in [9.17, 15) is 0 Å². The number of benzene rings is 1. The highest BCUT2D eigenvalue weighted by molar-refractivity contribution is 5.81. The topological polar surface area (TPSA) is 12.0 Å². The third kappa shape index (κ3) is 1.46. The monoisotopic (exact) mass is 213 g/mol. The summed E-state index contributed by atoms with van der Waals surface area (Å²) in [5.74, 6) is 0. The van der Waals surface area contributed by atoms with Gasteiger partial charge in [-0.25, -0.2) is 0 Å². The van der Waals surface area contributed by atoms with Crippen LogP contribution in [0, 0.1) is 0 Å². The number of nitrogens with one attached hydrogen (secondary N) is 1. The lowest BCUT2D eigenvalue weighted by molar-refractivity contribution is 0.707. The zero-order chi connectivity index (χ0) is 11.3. The maximum Gasteiger partial charge on any atom is 0.0505 e. The zero-order valence-electron chi connectivity index (χ0n) is 10.4. The van der Waals surface area contributed by atoms with Crippen molar-refractivity contribution >= 4 is 11.3 Å². The van der Waals surface area contributed by atoms with Gasteiger partial charge in [0, 0.05) is 11.3 Å². The van der Waals surface area contributed by atoms with Crippen molar-refractivity contribution in [2.24, 2.45) is 0 Å². The van der Waals surface area contributed by atoms with Gasteiger partial charge in [0.05, 0.1) is 5.54 Å². The number of anilines is 1. The molecule has 0 atom stereocenters. The van der Waals surface area contributed by atoms with Gasteiger partial charge in [-0.15, -0.1) is 0 Å². The minimum Gasteiger partial charge on any atom is -0.376 e. The molecular weight excluding hydrogens is 194 g/mol. The molecule has 0 bridgehead atoms. The van der Waals surface area contributed by atoms with E-state index in [-0.39, 0.29) is 5.54 Å². The van der Waals surface area contributed by atoms with Crippen molar-refractivity contribution in [3.63, 3.8) is 0 Å². The summed E-state index contributed by atoms with van der Waals surface area (Å²) in [6, 6.07) is 4.77. The van der Waals surface area contributed by atoms with E-state index in [2.05, 4.69) is 44.3 Å². The van der Waals surface area contributed by atoms with Crippen molar-refractivity contribution in [1.29, 1.82) is 0 Å². The summed E-state index contributed by atoms with van der Waals surface area (Å²) in [5, 5.41) is 3.62. The molecule has 0 saturated heterocycles. The van der Waals surface area contributed by atoms with Crippen LogP contribution in [0.2, 0.25) is 0 Å². The molecule has 0 saturated carbocycles. The quantitative estimate of drug-likeness (QED) is 0.691. The summed E-state index contributed by atoms with van der Waals surface area (Å²) >= 11 is 0. The summed E-state index contributed by atoms with van der Waals surface area (Å²) in [6.07, 6.45) is 6.17. The number of fused-ring (bicyclic) bond motifs is 2. The van der Waals surface area contributed by atoms with Crippen molar-refractivity contribution in [3.05, 3.63) is 34.9 Å². The van der Waals surface area contributed by atoms with Crippen LogP contribution in [0.25, 0.3) is 5.57 Å². The number of allylic oxidation sites excluding steroid dienone is 1. The zero-order valence-corrected chi connectivity index (χ0v) is 10.4. The maximum absolute atomic E-state index is 3.62. The molecule has 1 aliphatic carbocycles. The summed E-state index contributed by atoms with van der Waals surface area (Å²) in [5.41, 5.74) is 7.34. The first-order chi connectivity index (χ1) is 7.55. The minimum atomic E-state index is 0.0872. The Hall–Kier alpha value is -1.24. The molecule has 1 aromatic carbocycles. The molecule has 1 N–H and O–H groups in total. The molecule has 1 heteroatoms. The Labute approximate surface area is 97.6 Å².